The van der Waals surface area contributed by atoms with Crippen molar-refractivity contribution < 1.29 is 40.7 Å². The number of hydrogen-bond acceptors (Lipinski definition) is 4. The maximum Gasteiger partial charge on any atom is 0.471 e. The molecule has 1 saturated heterocycles. The third-order valence-corrected chi connectivity index (χ3v) is 5.67. The van der Waals surface area contributed by atoms with E-state index >= 15 is 0 Å². The van der Waals surface area contributed by atoms with E-state index < -0.39 is 41.1 Å². The summed E-state index contributed by atoms with van der Waals surface area (Å²) in [7, 11) is 0. The molecule has 0 unspecified atom stereocenters. The maximum atomic E-state index is 12.9. The van der Waals surface area contributed by atoms with Gasteiger partial charge in [-0.05, 0) is 18.9 Å². The molecule has 1 aromatic heterocycles. The zero-order chi connectivity index (χ0) is 18.6. The lowest BCUT2D eigenvalue weighted by Crippen LogP contribution is -2.51. The molecule has 0 aromatic carbocycles. The summed E-state index contributed by atoms with van der Waals surface area (Å²) in [5.41, 5.74) is -1.36. The van der Waals surface area contributed by atoms with E-state index in [0.29, 0.717) is 16.2 Å². The van der Waals surface area contributed by atoms with Crippen molar-refractivity contribution in [3.8, 4) is 0 Å². The van der Waals surface area contributed by atoms with E-state index in [1.807, 2.05) is 0 Å². The van der Waals surface area contributed by atoms with E-state index in [1.165, 1.54) is 0 Å². The van der Waals surface area contributed by atoms with Crippen molar-refractivity contribution in [2.75, 3.05) is 19.7 Å². The first kappa shape index (κ1) is 18.2. The zero-order valence-electron chi connectivity index (χ0n) is 12.5. The van der Waals surface area contributed by atoms with Gasteiger partial charge in [0.05, 0.1) is 0 Å². The first-order valence-electron chi connectivity index (χ1n) is 7.19. The van der Waals surface area contributed by atoms with Crippen molar-refractivity contribution in [2.24, 2.45) is 0 Å². The number of ketones is 1. The summed E-state index contributed by atoms with van der Waals surface area (Å²) < 4.78 is 81.8. The third-order valence-electron chi connectivity index (χ3n) is 4.31. The van der Waals surface area contributed by atoms with Crippen LogP contribution in [0.2, 0.25) is 0 Å². The highest BCUT2D eigenvalue weighted by atomic mass is 32.1. The summed E-state index contributed by atoms with van der Waals surface area (Å²) in [4.78, 5) is 22.9. The Balaban J connectivity index is 1.88. The number of hydrogen-bond donors (Lipinski definition) is 0. The van der Waals surface area contributed by atoms with Crippen molar-refractivity contribution in [1.29, 1.82) is 0 Å². The minimum absolute atomic E-state index is 0.0789. The van der Waals surface area contributed by atoms with Gasteiger partial charge in [-0.15, -0.1) is 11.3 Å². The lowest BCUT2D eigenvalue weighted by molar-refractivity contribution is -0.190. The number of alkyl halides is 6. The molecule has 25 heavy (non-hydrogen) atoms. The molecule has 3 rings (SSSR count). The molecule has 138 valence electrons. The summed E-state index contributed by atoms with van der Waals surface area (Å²) >= 11 is 0.370. The summed E-state index contributed by atoms with van der Waals surface area (Å²) in [6, 6.07) is 0.764. The fraction of sp³-hybridized carbons (Fsp3) is 0.571. The number of rotatable bonds is 0. The van der Waals surface area contributed by atoms with Gasteiger partial charge >= 0.3 is 18.3 Å². The van der Waals surface area contributed by atoms with E-state index in [-0.39, 0.29) is 36.4 Å². The smallest absolute Gasteiger partial charge is 0.361 e. The second-order valence-corrected chi connectivity index (χ2v) is 6.90. The van der Waals surface area contributed by atoms with Crippen LogP contribution >= 0.6 is 11.3 Å². The van der Waals surface area contributed by atoms with Crippen LogP contribution in [0.5, 0.6) is 0 Å². The third kappa shape index (κ3) is 3.14. The van der Waals surface area contributed by atoms with E-state index in [9.17, 15) is 35.9 Å². The van der Waals surface area contributed by atoms with Gasteiger partial charge in [-0.1, -0.05) is 0 Å². The number of carbonyl (C=O) groups excluding carboxylic acids is 2. The topological polar surface area (TPSA) is 46.6 Å². The summed E-state index contributed by atoms with van der Waals surface area (Å²) in [6.45, 7) is -1.06. The molecule has 2 aliphatic heterocycles. The van der Waals surface area contributed by atoms with Gasteiger partial charge < -0.3 is 9.64 Å². The van der Waals surface area contributed by atoms with Crippen molar-refractivity contribution in [2.45, 2.75) is 30.8 Å². The molecule has 0 bridgehead atoms. The number of nitrogens with zero attached hydrogens (tertiary/aromatic N) is 1. The van der Waals surface area contributed by atoms with E-state index in [1.54, 1.807) is 0 Å². The predicted octanol–water partition coefficient (Wildman–Crippen LogP) is 3.36. The number of ether oxygens (including phenoxy) is 1. The molecular formula is C14H11F6NO3S. The minimum Gasteiger partial charge on any atom is -0.361 e. The Hall–Kier alpha value is -1.62. The van der Waals surface area contributed by atoms with Crippen LogP contribution in [0.4, 0.5) is 26.3 Å². The van der Waals surface area contributed by atoms with Crippen LogP contribution in [-0.2, 0) is 21.3 Å². The van der Waals surface area contributed by atoms with Crippen molar-refractivity contribution in [3.05, 3.63) is 21.4 Å². The van der Waals surface area contributed by atoms with Crippen molar-refractivity contribution >= 4 is 23.0 Å². The standard InChI is InChI=1S/C14H11F6NO3S/c15-13(16,17)9-5-7-8(22)6-24-12(10(7)25-9)1-3-21(4-2-12)11(23)14(18,19)20/h5H,1-4,6H2. The monoisotopic (exact) mass is 387 g/mol. The highest BCUT2D eigenvalue weighted by Crippen LogP contribution is 2.48. The van der Waals surface area contributed by atoms with Gasteiger partial charge in [-0.3, -0.25) is 9.59 Å². The average Bonchev–Trinajstić information content (AvgIpc) is 2.98. The number of halogens is 6. The Morgan fingerprint density at radius 3 is 2.28 bits per heavy atom. The molecule has 4 nitrogen and oxygen atoms in total. The van der Waals surface area contributed by atoms with Crippen molar-refractivity contribution in [3.63, 3.8) is 0 Å². The first-order valence-corrected chi connectivity index (χ1v) is 8.00. The highest BCUT2D eigenvalue weighted by Gasteiger charge is 2.50. The fourth-order valence-corrected chi connectivity index (χ4v) is 4.29. The van der Waals surface area contributed by atoms with Crippen LogP contribution in [-0.4, -0.2) is 42.5 Å². The molecule has 0 N–H and O–H groups in total. The SMILES string of the molecule is O=C1COC2(CCN(C(=O)C(F)(F)F)CC2)c2sc(C(F)(F)F)cc21. The van der Waals surface area contributed by atoms with Gasteiger partial charge in [0.1, 0.15) is 17.1 Å². The van der Waals surface area contributed by atoms with Gasteiger partial charge in [0.25, 0.3) is 0 Å². The molecule has 1 spiro atoms. The molecule has 1 fully saturated rings. The predicted molar refractivity (Wildman–Crippen MR) is 73.2 cm³/mol. The van der Waals surface area contributed by atoms with Gasteiger partial charge in [-0.2, -0.15) is 26.3 Å². The molecule has 0 radical (unpaired) electrons. The van der Waals surface area contributed by atoms with E-state index in [0.717, 1.165) is 6.07 Å². The molecule has 3 heterocycles. The lowest BCUT2D eigenvalue weighted by atomic mass is 9.85. The van der Waals surface area contributed by atoms with E-state index in [4.69, 9.17) is 4.74 Å². The first-order chi connectivity index (χ1) is 11.4. The molecule has 0 atom stereocenters. The Bertz CT molecular complexity index is 715. The molecule has 0 aliphatic carbocycles. The number of likely N-dealkylation sites (tertiary alicyclic amines) is 1. The Kier molecular flexibility index (Phi) is 4.14. The number of fused-ring (bicyclic) bond motifs is 2. The zero-order valence-corrected chi connectivity index (χ0v) is 13.3. The van der Waals surface area contributed by atoms with Gasteiger partial charge in [0, 0.05) is 23.5 Å². The minimum atomic E-state index is -5.01. The van der Waals surface area contributed by atoms with Crippen LogP contribution in [0.25, 0.3) is 0 Å². The number of amides is 1. The molecule has 2 aliphatic rings. The highest BCUT2D eigenvalue weighted by molar-refractivity contribution is 7.12. The molecule has 1 aromatic rings. The van der Waals surface area contributed by atoms with Crippen LogP contribution in [0.3, 0.4) is 0 Å². The van der Waals surface area contributed by atoms with Crippen LogP contribution in [0, 0.1) is 0 Å². The number of piperidine rings is 1. The van der Waals surface area contributed by atoms with Gasteiger partial charge in [0.15, 0.2) is 5.78 Å². The van der Waals surface area contributed by atoms with Crippen LogP contribution in [0.15, 0.2) is 6.07 Å². The average molecular weight is 387 g/mol. The lowest BCUT2D eigenvalue weighted by Gasteiger charge is -2.43. The van der Waals surface area contributed by atoms with E-state index in [2.05, 4.69) is 0 Å². The second-order valence-electron chi connectivity index (χ2n) is 5.85. The Labute approximate surface area is 141 Å². The van der Waals surface area contributed by atoms with Gasteiger partial charge in [0.2, 0.25) is 0 Å². The molecule has 0 saturated carbocycles. The number of thiophene rings is 1. The largest absolute Gasteiger partial charge is 0.471 e. The summed E-state index contributed by atoms with van der Waals surface area (Å²) in [5.74, 6) is -2.59. The number of carbonyl (C=O) groups is 2. The second kappa shape index (κ2) is 5.70. The van der Waals surface area contributed by atoms with Crippen LogP contribution in [0.1, 0.15) is 33.0 Å². The maximum absolute atomic E-state index is 12.9. The summed E-state index contributed by atoms with van der Waals surface area (Å²) in [5, 5.41) is 0. The molecule has 11 heteroatoms. The fourth-order valence-electron chi connectivity index (χ4n) is 3.04. The normalized spacial score (nSPS) is 20.7. The van der Waals surface area contributed by atoms with Crippen molar-refractivity contribution in [1.82, 2.24) is 4.90 Å². The molecule has 1 amide bonds. The van der Waals surface area contributed by atoms with Gasteiger partial charge in [-0.25, -0.2) is 0 Å². The Morgan fingerprint density at radius 2 is 1.76 bits per heavy atom. The quantitative estimate of drug-likeness (QED) is 0.642. The summed E-state index contributed by atoms with van der Waals surface area (Å²) in [6.07, 6.45) is -9.85. The Morgan fingerprint density at radius 1 is 1.16 bits per heavy atom. The molecular weight excluding hydrogens is 376 g/mol. The van der Waals surface area contributed by atoms with Crippen LogP contribution < -0.4 is 0 Å². The number of Topliss-reactive ketones (excluding diaryl/α,β-unsaturated/α-hetero) is 1.